The van der Waals surface area contributed by atoms with Gasteiger partial charge in [0.2, 0.25) is 5.91 Å². The van der Waals surface area contributed by atoms with Gasteiger partial charge in [-0.1, -0.05) is 17.7 Å². The molecule has 0 heterocycles. The molecular formula is C22H29NO6S. The number of carbonyl (C=O) groups is 1. The highest BCUT2D eigenvalue weighted by molar-refractivity contribution is 7.86. The molecule has 0 spiro atoms. The molecule has 0 atom stereocenters. The first-order valence-electron chi connectivity index (χ1n) is 9.87. The van der Waals surface area contributed by atoms with Gasteiger partial charge in [0.05, 0.1) is 37.2 Å². The van der Waals surface area contributed by atoms with E-state index in [2.05, 4.69) is 5.32 Å². The van der Waals surface area contributed by atoms with Crippen LogP contribution in [0.4, 0.5) is 5.69 Å². The SMILES string of the molecule is Cc1ccc(S(=O)(=O)OCCCOc2ccc(NC(=O)CCOC(C)C)cc2)cc1. The fraction of sp³-hybridized carbons (Fsp3) is 0.409. The van der Waals surface area contributed by atoms with Gasteiger partial charge in [-0.05, 0) is 57.2 Å². The zero-order valence-electron chi connectivity index (χ0n) is 17.6. The standard InChI is InChI=1S/C22H29NO6S/c1-17(2)27-16-13-22(24)23-19-7-9-20(10-8-19)28-14-4-15-29-30(25,26)21-11-5-18(3)6-12-21/h5-12,17H,4,13-16H2,1-3H3,(H,23,24). The fourth-order valence-corrected chi connectivity index (χ4v) is 3.38. The molecule has 0 saturated carbocycles. The summed E-state index contributed by atoms with van der Waals surface area (Å²) in [7, 11) is -3.76. The highest BCUT2D eigenvalue weighted by Gasteiger charge is 2.14. The van der Waals surface area contributed by atoms with E-state index in [1.807, 2.05) is 20.8 Å². The first kappa shape index (κ1) is 23.9. The molecule has 164 valence electrons. The molecule has 0 radical (unpaired) electrons. The molecule has 0 bridgehead atoms. The second-order valence-corrected chi connectivity index (χ2v) is 8.65. The largest absolute Gasteiger partial charge is 0.494 e. The number of nitrogens with one attached hydrogen (secondary N) is 1. The highest BCUT2D eigenvalue weighted by Crippen LogP contribution is 2.17. The Morgan fingerprint density at radius 2 is 1.63 bits per heavy atom. The molecule has 0 saturated heterocycles. The molecular weight excluding hydrogens is 406 g/mol. The van der Waals surface area contributed by atoms with Gasteiger partial charge in [-0.3, -0.25) is 8.98 Å². The molecule has 2 rings (SSSR count). The molecule has 2 aromatic carbocycles. The van der Waals surface area contributed by atoms with Gasteiger partial charge in [0, 0.05) is 12.1 Å². The van der Waals surface area contributed by atoms with Crippen molar-refractivity contribution >= 4 is 21.7 Å². The van der Waals surface area contributed by atoms with E-state index < -0.39 is 10.1 Å². The molecule has 1 amide bonds. The molecule has 8 heteroatoms. The molecule has 0 unspecified atom stereocenters. The summed E-state index contributed by atoms with van der Waals surface area (Å²) < 4.78 is 40.2. The minimum absolute atomic E-state index is 0.0306. The van der Waals surface area contributed by atoms with Crippen molar-refractivity contribution in [2.75, 3.05) is 25.1 Å². The van der Waals surface area contributed by atoms with Crippen molar-refractivity contribution in [1.82, 2.24) is 0 Å². The highest BCUT2D eigenvalue weighted by atomic mass is 32.2. The summed E-state index contributed by atoms with van der Waals surface area (Å²) in [6.07, 6.45) is 0.809. The van der Waals surface area contributed by atoms with Crippen LogP contribution < -0.4 is 10.1 Å². The Morgan fingerprint density at radius 1 is 0.967 bits per heavy atom. The topological polar surface area (TPSA) is 90.9 Å². The molecule has 1 N–H and O–H groups in total. The van der Waals surface area contributed by atoms with Crippen LogP contribution in [0.5, 0.6) is 5.75 Å². The molecule has 0 aromatic heterocycles. The number of rotatable bonds is 12. The Kier molecular flexibility index (Phi) is 9.29. The van der Waals surface area contributed by atoms with Crippen LogP contribution in [0.3, 0.4) is 0 Å². The Bertz CT molecular complexity index is 892. The van der Waals surface area contributed by atoms with Crippen molar-refractivity contribution < 1.29 is 26.9 Å². The summed E-state index contributed by atoms with van der Waals surface area (Å²) in [4.78, 5) is 12.0. The average molecular weight is 436 g/mol. The van der Waals surface area contributed by atoms with E-state index in [4.69, 9.17) is 13.7 Å². The summed E-state index contributed by atoms with van der Waals surface area (Å²) in [6, 6.07) is 13.5. The fourth-order valence-electron chi connectivity index (χ4n) is 2.44. The number of amides is 1. The van der Waals surface area contributed by atoms with Crippen LogP contribution in [0.25, 0.3) is 0 Å². The molecule has 0 aliphatic heterocycles. The molecule has 2 aromatic rings. The van der Waals surface area contributed by atoms with Crippen LogP contribution >= 0.6 is 0 Å². The van der Waals surface area contributed by atoms with Gasteiger partial charge in [0.1, 0.15) is 5.75 Å². The third kappa shape index (κ3) is 8.52. The lowest BCUT2D eigenvalue weighted by Crippen LogP contribution is -2.15. The summed E-state index contributed by atoms with van der Waals surface area (Å²) in [5.41, 5.74) is 1.65. The predicted octanol–water partition coefficient (Wildman–Crippen LogP) is 3.92. The Morgan fingerprint density at radius 3 is 2.27 bits per heavy atom. The first-order valence-corrected chi connectivity index (χ1v) is 11.3. The smallest absolute Gasteiger partial charge is 0.296 e. The summed E-state index contributed by atoms with van der Waals surface area (Å²) >= 11 is 0. The van der Waals surface area contributed by atoms with Crippen LogP contribution in [0.2, 0.25) is 0 Å². The van der Waals surface area contributed by atoms with Gasteiger partial charge in [-0.2, -0.15) is 8.42 Å². The molecule has 7 nitrogen and oxygen atoms in total. The van der Waals surface area contributed by atoms with Crippen molar-refractivity contribution in [2.45, 2.75) is 44.6 Å². The average Bonchev–Trinajstić information content (AvgIpc) is 2.69. The Balaban J connectivity index is 1.68. The van der Waals surface area contributed by atoms with Gasteiger partial charge >= 0.3 is 0 Å². The van der Waals surface area contributed by atoms with Crippen molar-refractivity contribution in [2.24, 2.45) is 0 Å². The van der Waals surface area contributed by atoms with E-state index in [0.717, 1.165) is 5.56 Å². The maximum Gasteiger partial charge on any atom is 0.296 e. The first-order chi connectivity index (χ1) is 14.3. The lowest BCUT2D eigenvalue weighted by Gasteiger charge is -2.10. The van der Waals surface area contributed by atoms with Gasteiger partial charge < -0.3 is 14.8 Å². The minimum Gasteiger partial charge on any atom is -0.494 e. The zero-order valence-corrected chi connectivity index (χ0v) is 18.4. The summed E-state index contributed by atoms with van der Waals surface area (Å²) in [6.45, 7) is 6.45. The normalized spacial score (nSPS) is 11.5. The van der Waals surface area contributed by atoms with Crippen LogP contribution in [0, 0.1) is 6.92 Å². The number of hydrogen-bond donors (Lipinski definition) is 1. The predicted molar refractivity (Wildman–Crippen MR) is 115 cm³/mol. The van der Waals surface area contributed by atoms with Crippen molar-refractivity contribution in [3.8, 4) is 5.75 Å². The van der Waals surface area contributed by atoms with E-state index in [9.17, 15) is 13.2 Å². The van der Waals surface area contributed by atoms with Gasteiger partial charge in [-0.25, -0.2) is 0 Å². The zero-order chi connectivity index (χ0) is 22.0. The third-order valence-electron chi connectivity index (χ3n) is 4.02. The number of carbonyl (C=O) groups excluding carboxylic acids is 1. The molecule has 0 aliphatic rings. The number of benzene rings is 2. The maximum atomic E-state index is 12.1. The quantitative estimate of drug-likeness (QED) is 0.401. The lowest BCUT2D eigenvalue weighted by molar-refractivity contribution is -0.117. The minimum atomic E-state index is -3.76. The molecule has 0 aliphatic carbocycles. The van der Waals surface area contributed by atoms with Gasteiger partial charge in [0.15, 0.2) is 0 Å². The summed E-state index contributed by atoms with van der Waals surface area (Å²) in [5, 5.41) is 2.79. The molecule has 0 fully saturated rings. The number of anilines is 1. The second-order valence-electron chi connectivity index (χ2n) is 7.03. The summed E-state index contributed by atoms with van der Waals surface area (Å²) in [5.74, 6) is 0.508. The second kappa shape index (κ2) is 11.7. The van der Waals surface area contributed by atoms with Crippen LogP contribution in [-0.4, -0.2) is 40.2 Å². The van der Waals surface area contributed by atoms with E-state index in [1.165, 1.54) is 12.1 Å². The van der Waals surface area contributed by atoms with E-state index in [0.29, 0.717) is 37.5 Å². The number of ether oxygens (including phenoxy) is 2. The third-order valence-corrected chi connectivity index (χ3v) is 5.35. The Hall–Kier alpha value is -2.42. The monoisotopic (exact) mass is 435 g/mol. The van der Waals surface area contributed by atoms with Gasteiger partial charge in [0.25, 0.3) is 10.1 Å². The Labute approximate surface area is 178 Å². The lowest BCUT2D eigenvalue weighted by atomic mass is 10.2. The van der Waals surface area contributed by atoms with Crippen molar-refractivity contribution in [3.63, 3.8) is 0 Å². The van der Waals surface area contributed by atoms with Crippen molar-refractivity contribution in [1.29, 1.82) is 0 Å². The van der Waals surface area contributed by atoms with Crippen LogP contribution in [0.1, 0.15) is 32.3 Å². The van der Waals surface area contributed by atoms with E-state index in [-0.39, 0.29) is 23.5 Å². The number of aryl methyl sites for hydroxylation is 1. The van der Waals surface area contributed by atoms with Gasteiger partial charge in [-0.15, -0.1) is 0 Å². The van der Waals surface area contributed by atoms with Crippen molar-refractivity contribution in [3.05, 3.63) is 54.1 Å². The van der Waals surface area contributed by atoms with Crippen LogP contribution in [0.15, 0.2) is 53.4 Å². The maximum absolute atomic E-state index is 12.1. The van der Waals surface area contributed by atoms with E-state index >= 15 is 0 Å². The molecule has 30 heavy (non-hydrogen) atoms. The van der Waals surface area contributed by atoms with Crippen LogP contribution in [-0.2, 0) is 23.8 Å². The number of hydrogen-bond acceptors (Lipinski definition) is 6. The van der Waals surface area contributed by atoms with E-state index in [1.54, 1.807) is 36.4 Å².